The fourth-order valence-electron chi connectivity index (χ4n) is 7.82. The van der Waals surface area contributed by atoms with Crippen molar-refractivity contribution in [2.45, 2.75) is 5.41 Å². The highest BCUT2D eigenvalue weighted by molar-refractivity contribution is 6.18. The van der Waals surface area contributed by atoms with Gasteiger partial charge in [-0.25, -0.2) is 0 Å². The topological polar surface area (TPSA) is 0 Å². The molecule has 0 saturated carbocycles. The zero-order valence-corrected chi connectivity index (χ0v) is 23.7. The standard InChI is InChI=1S/C43H28/c1-3-18-32(19-4-1)43(33-20-5-2-6-21-33)39-26-14-13-25-37(39)41-38(28-31-17-9-12-24-36(31)42(41)43)40-34-22-10-7-15-29(34)27-30-16-8-11-23-35(30)40/h1-28H. The summed E-state index contributed by atoms with van der Waals surface area (Å²) in [4.78, 5) is 0. The lowest BCUT2D eigenvalue weighted by atomic mass is 9.66. The molecule has 8 aromatic rings. The summed E-state index contributed by atoms with van der Waals surface area (Å²) < 4.78 is 0. The fourth-order valence-corrected chi connectivity index (χ4v) is 7.82. The number of fused-ring (bicyclic) bond motifs is 7. The van der Waals surface area contributed by atoms with E-state index in [-0.39, 0.29) is 0 Å². The van der Waals surface area contributed by atoms with E-state index in [0.29, 0.717) is 0 Å². The van der Waals surface area contributed by atoms with Crippen LogP contribution >= 0.6 is 0 Å². The minimum atomic E-state index is -0.468. The molecular formula is C43H28. The van der Waals surface area contributed by atoms with E-state index in [9.17, 15) is 0 Å². The lowest BCUT2D eigenvalue weighted by Gasteiger charge is -2.35. The van der Waals surface area contributed by atoms with Crippen LogP contribution in [0.25, 0.3) is 54.6 Å². The Bertz CT molecular complexity index is 2230. The van der Waals surface area contributed by atoms with Crippen LogP contribution in [0.3, 0.4) is 0 Å². The van der Waals surface area contributed by atoms with Crippen molar-refractivity contribution in [3.63, 3.8) is 0 Å². The molecule has 43 heavy (non-hydrogen) atoms. The second kappa shape index (κ2) is 9.28. The molecule has 0 aliphatic heterocycles. The van der Waals surface area contributed by atoms with E-state index in [1.165, 1.54) is 76.8 Å². The Hall–Kier alpha value is -5.46. The molecule has 0 radical (unpaired) electrons. The molecule has 0 spiro atoms. The molecular weight excluding hydrogens is 516 g/mol. The average Bonchev–Trinajstić information content (AvgIpc) is 3.40. The van der Waals surface area contributed by atoms with Gasteiger partial charge >= 0.3 is 0 Å². The van der Waals surface area contributed by atoms with Crippen molar-refractivity contribution < 1.29 is 0 Å². The van der Waals surface area contributed by atoms with Gasteiger partial charge in [-0.3, -0.25) is 0 Å². The molecule has 0 saturated heterocycles. The SMILES string of the molecule is c1ccc(C2(c3ccccc3)c3ccccc3-c3c(-c4c5ccccc5cc5ccccc45)cc4ccccc4c32)cc1. The number of rotatable bonds is 3. The molecule has 0 atom stereocenters. The van der Waals surface area contributed by atoms with E-state index >= 15 is 0 Å². The molecule has 0 bridgehead atoms. The van der Waals surface area contributed by atoms with Crippen LogP contribution < -0.4 is 0 Å². The van der Waals surface area contributed by atoms with Crippen LogP contribution in [0.4, 0.5) is 0 Å². The van der Waals surface area contributed by atoms with Crippen LogP contribution in [0.5, 0.6) is 0 Å². The number of hydrogen-bond donors (Lipinski definition) is 0. The van der Waals surface area contributed by atoms with E-state index in [0.717, 1.165) is 0 Å². The summed E-state index contributed by atoms with van der Waals surface area (Å²) in [7, 11) is 0. The molecule has 0 unspecified atom stereocenters. The first-order valence-electron chi connectivity index (χ1n) is 15.0. The molecule has 0 heterocycles. The third kappa shape index (κ3) is 3.32. The lowest BCUT2D eigenvalue weighted by molar-refractivity contribution is 0.775. The molecule has 9 rings (SSSR count). The van der Waals surface area contributed by atoms with Crippen LogP contribution in [-0.4, -0.2) is 0 Å². The normalized spacial score (nSPS) is 13.3. The van der Waals surface area contributed by atoms with Crippen LogP contribution in [0, 0.1) is 0 Å². The van der Waals surface area contributed by atoms with Crippen molar-refractivity contribution in [3.05, 3.63) is 192 Å². The average molecular weight is 545 g/mol. The molecule has 1 aliphatic carbocycles. The Kier molecular flexibility index (Phi) is 5.21. The summed E-state index contributed by atoms with van der Waals surface area (Å²) in [5.74, 6) is 0. The Balaban J connectivity index is 1.56. The van der Waals surface area contributed by atoms with Gasteiger partial charge in [0.15, 0.2) is 0 Å². The Morgan fingerprint density at radius 3 is 1.40 bits per heavy atom. The zero-order chi connectivity index (χ0) is 28.4. The molecule has 8 aromatic carbocycles. The van der Waals surface area contributed by atoms with Crippen LogP contribution in [0.1, 0.15) is 22.3 Å². The summed E-state index contributed by atoms with van der Waals surface area (Å²) in [6, 6.07) is 62.9. The maximum absolute atomic E-state index is 2.45. The minimum Gasteiger partial charge on any atom is -0.0622 e. The second-order valence-electron chi connectivity index (χ2n) is 11.6. The fraction of sp³-hybridized carbons (Fsp3) is 0.0233. The zero-order valence-electron chi connectivity index (χ0n) is 23.7. The molecule has 0 aromatic heterocycles. The smallest absolute Gasteiger partial charge is 0.0622 e. The molecule has 1 aliphatic rings. The maximum atomic E-state index is 2.45. The summed E-state index contributed by atoms with van der Waals surface area (Å²) >= 11 is 0. The van der Waals surface area contributed by atoms with Crippen LogP contribution in [-0.2, 0) is 5.41 Å². The summed E-state index contributed by atoms with van der Waals surface area (Å²) in [6.07, 6.45) is 0. The molecule has 0 fully saturated rings. The van der Waals surface area contributed by atoms with Crippen LogP contribution in [0.2, 0.25) is 0 Å². The summed E-state index contributed by atoms with van der Waals surface area (Å²) in [5, 5.41) is 7.66. The first-order chi connectivity index (χ1) is 21.4. The quantitative estimate of drug-likeness (QED) is 0.194. The molecule has 0 amide bonds. The Morgan fingerprint density at radius 1 is 0.326 bits per heavy atom. The highest BCUT2D eigenvalue weighted by Gasteiger charge is 2.48. The number of benzene rings is 8. The van der Waals surface area contributed by atoms with Gasteiger partial charge in [0.05, 0.1) is 5.41 Å². The largest absolute Gasteiger partial charge is 0.0719 e. The van der Waals surface area contributed by atoms with Crippen molar-refractivity contribution in [3.8, 4) is 22.3 Å². The van der Waals surface area contributed by atoms with Gasteiger partial charge in [0, 0.05) is 0 Å². The number of hydrogen-bond acceptors (Lipinski definition) is 0. The van der Waals surface area contributed by atoms with Crippen molar-refractivity contribution in [2.24, 2.45) is 0 Å². The third-order valence-electron chi connectivity index (χ3n) is 9.48. The van der Waals surface area contributed by atoms with Gasteiger partial charge in [0.25, 0.3) is 0 Å². The van der Waals surface area contributed by atoms with Crippen molar-refractivity contribution in [1.82, 2.24) is 0 Å². The van der Waals surface area contributed by atoms with E-state index in [2.05, 4.69) is 170 Å². The van der Waals surface area contributed by atoms with Crippen molar-refractivity contribution in [2.75, 3.05) is 0 Å². The third-order valence-corrected chi connectivity index (χ3v) is 9.48. The molecule has 0 N–H and O–H groups in total. The highest BCUT2D eigenvalue weighted by Crippen LogP contribution is 2.61. The van der Waals surface area contributed by atoms with Gasteiger partial charge in [-0.15, -0.1) is 0 Å². The first-order valence-corrected chi connectivity index (χ1v) is 15.0. The first kappa shape index (κ1) is 24.2. The molecule has 0 heteroatoms. The minimum absolute atomic E-state index is 0.468. The Labute approximate surface area is 251 Å². The maximum Gasteiger partial charge on any atom is 0.0719 e. The van der Waals surface area contributed by atoms with Crippen molar-refractivity contribution >= 4 is 32.3 Å². The summed E-state index contributed by atoms with van der Waals surface area (Å²) in [5.41, 5.74) is 10.1. The molecule has 200 valence electrons. The van der Waals surface area contributed by atoms with Crippen molar-refractivity contribution in [1.29, 1.82) is 0 Å². The van der Waals surface area contributed by atoms with E-state index < -0.39 is 5.41 Å². The predicted molar refractivity (Wildman–Crippen MR) is 182 cm³/mol. The molecule has 0 nitrogen and oxygen atoms in total. The van der Waals surface area contributed by atoms with Crippen LogP contribution in [0.15, 0.2) is 170 Å². The van der Waals surface area contributed by atoms with Gasteiger partial charge in [0.1, 0.15) is 0 Å². The second-order valence-corrected chi connectivity index (χ2v) is 11.6. The van der Waals surface area contributed by atoms with E-state index in [4.69, 9.17) is 0 Å². The van der Waals surface area contributed by atoms with Gasteiger partial charge in [-0.05, 0) is 89.0 Å². The van der Waals surface area contributed by atoms with Gasteiger partial charge in [-0.2, -0.15) is 0 Å². The Morgan fingerprint density at radius 2 is 0.791 bits per heavy atom. The van der Waals surface area contributed by atoms with E-state index in [1.54, 1.807) is 0 Å². The monoisotopic (exact) mass is 544 g/mol. The van der Waals surface area contributed by atoms with E-state index in [1.807, 2.05) is 0 Å². The summed E-state index contributed by atoms with van der Waals surface area (Å²) in [6.45, 7) is 0. The van der Waals surface area contributed by atoms with Gasteiger partial charge < -0.3 is 0 Å². The van der Waals surface area contributed by atoms with Gasteiger partial charge in [-0.1, -0.05) is 158 Å². The highest BCUT2D eigenvalue weighted by atomic mass is 14.5. The van der Waals surface area contributed by atoms with Gasteiger partial charge in [0.2, 0.25) is 0 Å². The lowest BCUT2D eigenvalue weighted by Crippen LogP contribution is -2.28. The predicted octanol–water partition coefficient (Wildman–Crippen LogP) is 11.2.